The van der Waals surface area contributed by atoms with Crippen LogP contribution >= 0.6 is 12.6 Å². The molecule has 0 unspecified atom stereocenters. The highest BCUT2D eigenvalue weighted by atomic mass is 32.1. The van der Waals surface area contributed by atoms with E-state index in [1.54, 1.807) is 0 Å². The van der Waals surface area contributed by atoms with E-state index in [0.29, 0.717) is 36.7 Å². The van der Waals surface area contributed by atoms with Crippen LogP contribution in [-0.4, -0.2) is 42.8 Å². The number of hydrogen-bond donors (Lipinski definition) is 1. The summed E-state index contributed by atoms with van der Waals surface area (Å²) in [6.45, 7) is 9.33. The van der Waals surface area contributed by atoms with Crippen LogP contribution < -0.4 is 0 Å². The van der Waals surface area contributed by atoms with Crippen molar-refractivity contribution in [3.8, 4) is 0 Å². The molecule has 0 amide bonds. The Morgan fingerprint density at radius 1 is 1.12 bits per heavy atom. The first-order chi connectivity index (χ1) is 8.13. The Bertz CT molecular complexity index is 303. The molecular weight excluding hydrogens is 236 g/mol. The van der Waals surface area contributed by atoms with Crippen LogP contribution in [0.5, 0.6) is 0 Å². The summed E-state index contributed by atoms with van der Waals surface area (Å²) in [6, 6.07) is -0.150. The highest BCUT2D eigenvalue weighted by Gasteiger charge is 2.30. The van der Waals surface area contributed by atoms with E-state index >= 15 is 0 Å². The Hall–Kier alpha value is -0.710. The van der Waals surface area contributed by atoms with E-state index in [4.69, 9.17) is 9.47 Å². The van der Waals surface area contributed by atoms with E-state index in [0.717, 1.165) is 0 Å². The Morgan fingerprint density at radius 2 is 1.71 bits per heavy atom. The maximum atomic E-state index is 5.57. The van der Waals surface area contributed by atoms with Crippen molar-refractivity contribution in [3.05, 3.63) is 0 Å². The van der Waals surface area contributed by atoms with E-state index < -0.39 is 0 Å². The van der Waals surface area contributed by atoms with Crippen LogP contribution in [-0.2, 0) is 9.47 Å². The molecule has 1 rings (SSSR count). The van der Waals surface area contributed by atoms with Gasteiger partial charge in [-0.25, -0.2) is 9.98 Å². The zero-order valence-corrected chi connectivity index (χ0v) is 11.9. The highest BCUT2D eigenvalue weighted by Crippen LogP contribution is 2.18. The number of rotatable bonds is 4. The zero-order valence-electron chi connectivity index (χ0n) is 11.0. The van der Waals surface area contributed by atoms with Gasteiger partial charge in [0.1, 0.15) is 12.1 Å². The lowest BCUT2D eigenvalue weighted by Crippen LogP contribution is -2.39. The molecule has 0 radical (unpaired) electrons. The lowest BCUT2D eigenvalue weighted by atomic mass is 10.0. The number of aliphatic imine (C=N–C) groups is 2. The molecule has 5 heteroatoms. The predicted octanol–water partition coefficient (Wildman–Crippen LogP) is 2.19. The van der Waals surface area contributed by atoms with Crippen LogP contribution in [0.25, 0.3) is 0 Å². The molecule has 0 aromatic rings. The molecule has 1 heterocycles. The average Bonchev–Trinajstić information content (AvgIpc) is 2.30. The van der Waals surface area contributed by atoms with E-state index in [1.165, 1.54) is 0 Å². The molecule has 0 saturated carbocycles. The largest absolute Gasteiger partial charge is 0.480 e. The van der Waals surface area contributed by atoms with Gasteiger partial charge >= 0.3 is 0 Å². The van der Waals surface area contributed by atoms with E-state index in [-0.39, 0.29) is 12.1 Å². The number of ether oxygens (including phenoxy) is 2. The molecule has 0 aromatic carbocycles. The van der Waals surface area contributed by atoms with Crippen molar-refractivity contribution in [1.29, 1.82) is 0 Å². The van der Waals surface area contributed by atoms with Crippen LogP contribution in [0.4, 0.5) is 0 Å². The molecular formula is C12H22N2O2S. The molecule has 1 aliphatic heterocycles. The number of hydrogen-bond acceptors (Lipinski definition) is 5. The van der Waals surface area contributed by atoms with Gasteiger partial charge in [-0.05, 0) is 19.8 Å². The van der Waals surface area contributed by atoms with Gasteiger partial charge in [-0.15, -0.1) is 0 Å². The molecule has 0 saturated heterocycles. The number of thiol groups is 1. The van der Waals surface area contributed by atoms with Crippen molar-refractivity contribution in [1.82, 2.24) is 0 Å². The summed E-state index contributed by atoms with van der Waals surface area (Å²) in [5.41, 5.74) is 0. The second-order valence-corrected chi connectivity index (χ2v) is 4.55. The third kappa shape index (κ3) is 3.63. The fourth-order valence-corrected chi connectivity index (χ4v) is 1.91. The Labute approximate surface area is 109 Å². The number of nitrogens with zero attached hydrogens (tertiary/aromatic N) is 2. The minimum absolute atomic E-state index is 0.0346. The summed E-state index contributed by atoms with van der Waals surface area (Å²) in [7, 11) is 0. The topological polar surface area (TPSA) is 43.2 Å². The first kappa shape index (κ1) is 14.4. The quantitative estimate of drug-likeness (QED) is 0.786. The average molecular weight is 258 g/mol. The van der Waals surface area contributed by atoms with Crippen molar-refractivity contribution in [2.75, 3.05) is 19.0 Å². The van der Waals surface area contributed by atoms with Crippen molar-refractivity contribution >= 4 is 24.4 Å². The second-order valence-electron chi connectivity index (χ2n) is 4.19. The maximum absolute atomic E-state index is 5.57. The fraction of sp³-hybridized carbons (Fsp3) is 0.833. The van der Waals surface area contributed by atoms with Gasteiger partial charge in [-0.2, -0.15) is 12.6 Å². The summed E-state index contributed by atoms with van der Waals surface area (Å²) in [6.07, 6.45) is 0. The normalized spacial score (nSPS) is 24.4. The highest BCUT2D eigenvalue weighted by molar-refractivity contribution is 7.80. The van der Waals surface area contributed by atoms with Gasteiger partial charge in [0, 0.05) is 5.75 Å². The molecule has 98 valence electrons. The fourth-order valence-electron chi connectivity index (χ4n) is 1.67. The monoisotopic (exact) mass is 258 g/mol. The van der Waals surface area contributed by atoms with E-state index in [9.17, 15) is 0 Å². The smallest absolute Gasteiger partial charge is 0.210 e. The SMILES string of the molecule is CCOC1=N[C@H](C(C)C)C(OCC)=N[C@H]1CS. The van der Waals surface area contributed by atoms with Crippen LogP contribution in [0.2, 0.25) is 0 Å². The molecule has 0 spiro atoms. The Kier molecular flexibility index (Phi) is 5.82. The zero-order chi connectivity index (χ0) is 12.8. The third-order valence-electron chi connectivity index (χ3n) is 2.48. The van der Waals surface area contributed by atoms with Crippen LogP contribution in [0.1, 0.15) is 27.7 Å². The van der Waals surface area contributed by atoms with Gasteiger partial charge in [0.15, 0.2) is 0 Å². The third-order valence-corrected chi connectivity index (χ3v) is 2.82. The minimum atomic E-state index is -0.116. The first-order valence-corrected chi connectivity index (χ1v) is 6.79. The molecule has 0 aromatic heterocycles. The van der Waals surface area contributed by atoms with Gasteiger partial charge in [-0.3, -0.25) is 0 Å². The standard InChI is InChI=1S/C12H22N2O2S/c1-5-15-11-9(7-17)13-12(16-6-2)10(14-11)8(3)4/h8-10,17H,5-7H2,1-4H3/t9-,10+/m0/s1. The lowest BCUT2D eigenvalue weighted by molar-refractivity contribution is 0.278. The van der Waals surface area contributed by atoms with E-state index in [1.807, 2.05) is 13.8 Å². The Morgan fingerprint density at radius 3 is 2.18 bits per heavy atom. The van der Waals surface area contributed by atoms with Crippen molar-refractivity contribution in [3.63, 3.8) is 0 Å². The summed E-state index contributed by atoms with van der Waals surface area (Å²) in [5, 5.41) is 0. The van der Waals surface area contributed by atoms with Crippen molar-refractivity contribution < 1.29 is 9.47 Å². The molecule has 0 N–H and O–H groups in total. The molecule has 2 atom stereocenters. The predicted molar refractivity (Wildman–Crippen MR) is 74.4 cm³/mol. The summed E-state index contributed by atoms with van der Waals surface area (Å²) in [4.78, 5) is 9.17. The molecule has 0 fully saturated rings. The summed E-state index contributed by atoms with van der Waals surface area (Å²) >= 11 is 4.28. The molecule has 1 aliphatic rings. The van der Waals surface area contributed by atoms with Crippen LogP contribution in [0.15, 0.2) is 9.98 Å². The van der Waals surface area contributed by atoms with Gasteiger partial charge in [0.25, 0.3) is 0 Å². The van der Waals surface area contributed by atoms with E-state index in [2.05, 4.69) is 36.5 Å². The lowest BCUT2D eigenvalue weighted by Gasteiger charge is -2.27. The maximum Gasteiger partial charge on any atom is 0.210 e. The Balaban J connectivity index is 2.92. The first-order valence-electron chi connectivity index (χ1n) is 6.15. The van der Waals surface area contributed by atoms with Crippen molar-refractivity contribution in [2.24, 2.45) is 15.9 Å². The summed E-state index contributed by atoms with van der Waals surface area (Å²) in [5.74, 6) is 2.33. The van der Waals surface area contributed by atoms with Crippen LogP contribution in [0.3, 0.4) is 0 Å². The van der Waals surface area contributed by atoms with Gasteiger partial charge in [0.2, 0.25) is 11.8 Å². The van der Waals surface area contributed by atoms with Gasteiger partial charge < -0.3 is 9.47 Å². The molecule has 4 nitrogen and oxygen atoms in total. The molecule has 0 bridgehead atoms. The summed E-state index contributed by atoms with van der Waals surface area (Å²) < 4.78 is 11.1. The second kappa shape index (κ2) is 6.89. The minimum Gasteiger partial charge on any atom is -0.480 e. The van der Waals surface area contributed by atoms with Gasteiger partial charge in [-0.1, -0.05) is 13.8 Å². The molecule has 0 aliphatic carbocycles. The van der Waals surface area contributed by atoms with Crippen molar-refractivity contribution in [2.45, 2.75) is 39.8 Å². The molecule has 17 heavy (non-hydrogen) atoms. The van der Waals surface area contributed by atoms with Gasteiger partial charge in [0.05, 0.1) is 13.2 Å². The van der Waals surface area contributed by atoms with Crippen LogP contribution in [0, 0.1) is 5.92 Å².